The molecule has 3 atom stereocenters. The van der Waals surface area contributed by atoms with E-state index in [0.29, 0.717) is 24.8 Å². The predicted molar refractivity (Wildman–Crippen MR) is 98.1 cm³/mol. The minimum atomic E-state index is -0.834. The van der Waals surface area contributed by atoms with Gasteiger partial charge in [0.05, 0.1) is 23.5 Å². The summed E-state index contributed by atoms with van der Waals surface area (Å²) in [4.78, 5) is 31.4. The van der Waals surface area contributed by atoms with Crippen molar-refractivity contribution in [2.24, 2.45) is 0 Å². The summed E-state index contributed by atoms with van der Waals surface area (Å²) in [5.74, 6) is 0.196. The fourth-order valence-corrected chi connectivity index (χ4v) is 3.64. The van der Waals surface area contributed by atoms with E-state index in [4.69, 9.17) is 14.0 Å². The SMILES string of the molecule is CC1CN(C(=O)C(C)OC(=O)CCc2nc(-c3cccs3)no2)CC(C)O1. The molecular formula is C18H23N3O5S. The van der Waals surface area contributed by atoms with Crippen LogP contribution in [-0.4, -0.2) is 58.3 Å². The van der Waals surface area contributed by atoms with Crippen molar-refractivity contribution in [3.63, 3.8) is 0 Å². The second kappa shape index (κ2) is 8.62. The number of carbonyl (C=O) groups excluding carboxylic acids is 2. The number of hydrogen-bond acceptors (Lipinski definition) is 8. The van der Waals surface area contributed by atoms with Crippen molar-refractivity contribution in [2.45, 2.75) is 51.9 Å². The van der Waals surface area contributed by atoms with Crippen LogP contribution >= 0.6 is 11.3 Å². The molecule has 9 heteroatoms. The van der Waals surface area contributed by atoms with Gasteiger partial charge in [0.2, 0.25) is 11.7 Å². The smallest absolute Gasteiger partial charge is 0.307 e. The zero-order valence-corrected chi connectivity index (χ0v) is 16.4. The van der Waals surface area contributed by atoms with Gasteiger partial charge in [0, 0.05) is 19.5 Å². The molecule has 1 aliphatic heterocycles. The third-order valence-corrected chi connectivity index (χ3v) is 5.01. The van der Waals surface area contributed by atoms with E-state index in [1.807, 2.05) is 31.4 Å². The topological polar surface area (TPSA) is 94.8 Å². The number of carbonyl (C=O) groups is 2. The van der Waals surface area contributed by atoms with Crippen molar-refractivity contribution in [3.8, 4) is 10.7 Å². The van der Waals surface area contributed by atoms with Crippen molar-refractivity contribution in [2.75, 3.05) is 13.1 Å². The number of rotatable bonds is 6. The summed E-state index contributed by atoms with van der Waals surface area (Å²) in [6.45, 7) is 6.42. The molecule has 1 saturated heterocycles. The quantitative estimate of drug-likeness (QED) is 0.695. The molecule has 8 nitrogen and oxygen atoms in total. The Labute approximate surface area is 161 Å². The average molecular weight is 393 g/mol. The minimum Gasteiger partial charge on any atom is -0.453 e. The van der Waals surface area contributed by atoms with Gasteiger partial charge in [0.25, 0.3) is 5.91 Å². The molecule has 0 N–H and O–H groups in total. The number of aromatic nitrogens is 2. The molecule has 27 heavy (non-hydrogen) atoms. The van der Waals surface area contributed by atoms with E-state index < -0.39 is 12.1 Å². The maximum Gasteiger partial charge on any atom is 0.307 e. The van der Waals surface area contributed by atoms with Gasteiger partial charge in [-0.25, -0.2) is 0 Å². The van der Waals surface area contributed by atoms with Gasteiger partial charge >= 0.3 is 5.97 Å². The number of ether oxygens (including phenoxy) is 2. The minimum absolute atomic E-state index is 0.0318. The molecule has 3 heterocycles. The Morgan fingerprint density at radius 3 is 2.78 bits per heavy atom. The highest BCUT2D eigenvalue weighted by Gasteiger charge is 2.30. The van der Waals surface area contributed by atoms with Crippen molar-refractivity contribution in [3.05, 3.63) is 23.4 Å². The number of aryl methyl sites for hydroxylation is 1. The summed E-state index contributed by atoms with van der Waals surface area (Å²) in [6.07, 6.45) is -0.561. The van der Waals surface area contributed by atoms with Gasteiger partial charge < -0.3 is 18.9 Å². The number of esters is 1. The zero-order chi connectivity index (χ0) is 19.4. The van der Waals surface area contributed by atoms with Gasteiger partial charge in [0.15, 0.2) is 6.10 Å². The Hall–Kier alpha value is -2.26. The fourth-order valence-electron chi connectivity index (χ4n) is 2.99. The monoisotopic (exact) mass is 393 g/mol. The maximum atomic E-state index is 12.5. The Bertz CT molecular complexity index is 766. The van der Waals surface area contributed by atoms with E-state index in [1.165, 1.54) is 11.3 Å². The van der Waals surface area contributed by atoms with Crippen LogP contribution in [0.1, 0.15) is 33.1 Å². The maximum absolute atomic E-state index is 12.5. The predicted octanol–water partition coefficient (Wildman–Crippen LogP) is 2.30. The van der Waals surface area contributed by atoms with Crippen LogP contribution < -0.4 is 0 Å². The number of amides is 1. The summed E-state index contributed by atoms with van der Waals surface area (Å²) in [5, 5.41) is 5.83. The molecule has 0 aromatic carbocycles. The van der Waals surface area contributed by atoms with E-state index in [9.17, 15) is 9.59 Å². The van der Waals surface area contributed by atoms with Crippen LogP contribution in [-0.2, 0) is 25.5 Å². The lowest BCUT2D eigenvalue weighted by Gasteiger charge is -2.36. The molecule has 1 fully saturated rings. The highest BCUT2D eigenvalue weighted by atomic mass is 32.1. The lowest BCUT2D eigenvalue weighted by Crippen LogP contribution is -2.51. The van der Waals surface area contributed by atoms with Gasteiger partial charge in [-0.3, -0.25) is 9.59 Å². The summed E-state index contributed by atoms with van der Waals surface area (Å²) < 4.78 is 16.1. The fraction of sp³-hybridized carbons (Fsp3) is 0.556. The molecule has 0 aliphatic carbocycles. The highest BCUT2D eigenvalue weighted by molar-refractivity contribution is 7.13. The lowest BCUT2D eigenvalue weighted by molar-refractivity contribution is -0.164. The third kappa shape index (κ3) is 5.14. The van der Waals surface area contributed by atoms with Crippen LogP contribution in [0.15, 0.2) is 22.0 Å². The molecule has 0 bridgehead atoms. The first-order valence-electron chi connectivity index (χ1n) is 8.92. The van der Waals surface area contributed by atoms with Crippen molar-refractivity contribution in [1.82, 2.24) is 15.0 Å². The first kappa shape index (κ1) is 19.5. The van der Waals surface area contributed by atoms with Gasteiger partial charge in [-0.05, 0) is 32.2 Å². The van der Waals surface area contributed by atoms with Gasteiger partial charge in [-0.2, -0.15) is 4.98 Å². The van der Waals surface area contributed by atoms with Gasteiger partial charge in [-0.15, -0.1) is 11.3 Å². The molecular weight excluding hydrogens is 370 g/mol. The summed E-state index contributed by atoms with van der Waals surface area (Å²) >= 11 is 1.51. The van der Waals surface area contributed by atoms with E-state index in [0.717, 1.165) is 4.88 Å². The first-order chi connectivity index (χ1) is 12.9. The Morgan fingerprint density at radius 2 is 2.11 bits per heavy atom. The molecule has 2 aromatic rings. The molecule has 2 aromatic heterocycles. The van der Waals surface area contributed by atoms with Gasteiger partial charge in [0.1, 0.15) is 0 Å². The van der Waals surface area contributed by atoms with Crippen molar-refractivity contribution in [1.29, 1.82) is 0 Å². The van der Waals surface area contributed by atoms with E-state index >= 15 is 0 Å². The Balaban J connectivity index is 1.46. The van der Waals surface area contributed by atoms with Crippen LogP contribution in [0.3, 0.4) is 0 Å². The second-order valence-corrected chi connectivity index (χ2v) is 7.57. The summed E-state index contributed by atoms with van der Waals surface area (Å²) in [5.41, 5.74) is 0. The van der Waals surface area contributed by atoms with Gasteiger partial charge in [-0.1, -0.05) is 11.2 Å². The zero-order valence-electron chi connectivity index (χ0n) is 15.6. The Morgan fingerprint density at radius 1 is 1.37 bits per heavy atom. The summed E-state index contributed by atoms with van der Waals surface area (Å²) in [7, 11) is 0. The first-order valence-corrected chi connectivity index (χ1v) is 9.80. The average Bonchev–Trinajstić information content (AvgIpc) is 3.29. The number of morpholine rings is 1. The standard InChI is InChI=1S/C18H23N3O5S/c1-11-9-21(10-12(2)24-11)18(23)13(3)25-16(22)7-6-15-19-17(20-26-15)14-5-4-8-27-14/h4-5,8,11-13H,6-7,9-10H2,1-3H3. The number of nitrogens with zero attached hydrogens (tertiary/aromatic N) is 3. The van der Waals surface area contributed by atoms with Crippen LogP contribution in [0, 0.1) is 0 Å². The molecule has 1 aliphatic rings. The van der Waals surface area contributed by atoms with Crippen LogP contribution in [0.2, 0.25) is 0 Å². The van der Waals surface area contributed by atoms with E-state index in [-0.39, 0.29) is 31.0 Å². The molecule has 0 saturated carbocycles. The summed E-state index contributed by atoms with van der Waals surface area (Å²) in [6, 6.07) is 3.80. The molecule has 0 radical (unpaired) electrons. The highest BCUT2D eigenvalue weighted by Crippen LogP contribution is 2.21. The molecule has 3 rings (SSSR count). The van der Waals surface area contributed by atoms with Crippen LogP contribution in [0.5, 0.6) is 0 Å². The molecule has 146 valence electrons. The van der Waals surface area contributed by atoms with Crippen LogP contribution in [0.25, 0.3) is 10.7 Å². The van der Waals surface area contributed by atoms with Crippen molar-refractivity contribution < 1.29 is 23.6 Å². The Kier molecular flexibility index (Phi) is 6.22. The second-order valence-electron chi connectivity index (χ2n) is 6.62. The largest absolute Gasteiger partial charge is 0.453 e. The van der Waals surface area contributed by atoms with E-state index in [1.54, 1.807) is 11.8 Å². The number of thiophene rings is 1. The lowest BCUT2D eigenvalue weighted by atomic mass is 10.2. The molecule has 1 amide bonds. The molecule has 0 spiro atoms. The van der Waals surface area contributed by atoms with Crippen LogP contribution in [0.4, 0.5) is 0 Å². The van der Waals surface area contributed by atoms with E-state index in [2.05, 4.69) is 10.1 Å². The normalized spacial score (nSPS) is 21.1. The molecule has 3 unspecified atom stereocenters. The van der Waals surface area contributed by atoms with Crippen molar-refractivity contribution >= 4 is 23.2 Å². The third-order valence-electron chi connectivity index (χ3n) is 4.14. The number of hydrogen-bond donors (Lipinski definition) is 0.